The first-order valence-electron chi connectivity index (χ1n) is 7.13. The molecule has 1 amide bonds. The summed E-state index contributed by atoms with van der Waals surface area (Å²) in [6, 6.07) is 1.73. The Bertz CT molecular complexity index is 515. The van der Waals surface area contributed by atoms with Crippen molar-refractivity contribution in [2.75, 3.05) is 18.9 Å². The second kappa shape index (κ2) is 7.67. The number of anilines is 1. The number of nitrogen functional groups attached to an aromatic ring is 1. The fraction of sp³-hybridized carbons (Fsp3) is 0.600. The lowest BCUT2D eigenvalue weighted by Crippen LogP contribution is -2.43. The van der Waals surface area contributed by atoms with Crippen molar-refractivity contribution in [1.82, 2.24) is 9.88 Å². The second-order valence-electron chi connectivity index (χ2n) is 6.16. The number of nitrogens with zero attached hydrogens (tertiary/aromatic N) is 2. The monoisotopic (exact) mass is 373 g/mol. The van der Waals surface area contributed by atoms with Crippen LogP contribution in [0.2, 0.25) is 0 Å². The summed E-state index contributed by atoms with van der Waals surface area (Å²) in [7, 11) is 0. The van der Waals surface area contributed by atoms with Gasteiger partial charge in [0.2, 0.25) is 5.88 Å². The first-order valence-corrected chi connectivity index (χ1v) is 7.93. The lowest BCUT2D eigenvalue weighted by atomic mass is 10.2. The summed E-state index contributed by atoms with van der Waals surface area (Å²) < 4.78 is 11.7. The van der Waals surface area contributed by atoms with Gasteiger partial charge in [-0.05, 0) is 56.6 Å². The molecule has 1 heterocycles. The number of pyridine rings is 1. The molecular weight excluding hydrogens is 350 g/mol. The van der Waals surface area contributed by atoms with Crippen molar-refractivity contribution in [2.24, 2.45) is 0 Å². The molecule has 1 aromatic rings. The molecule has 2 N–H and O–H groups in total. The van der Waals surface area contributed by atoms with Crippen molar-refractivity contribution in [3.05, 3.63) is 16.7 Å². The number of rotatable bonds is 5. The average Bonchev–Trinajstić information content (AvgIpc) is 2.33. The van der Waals surface area contributed by atoms with E-state index in [0.29, 0.717) is 18.1 Å². The molecule has 0 aromatic carbocycles. The number of halogens is 1. The molecule has 0 saturated carbocycles. The zero-order chi connectivity index (χ0) is 16.9. The molecule has 0 fully saturated rings. The maximum Gasteiger partial charge on any atom is 0.410 e. The molecule has 0 atom stereocenters. The Morgan fingerprint density at radius 1 is 1.45 bits per heavy atom. The van der Waals surface area contributed by atoms with Gasteiger partial charge in [0.1, 0.15) is 12.2 Å². The van der Waals surface area contributed by atoms with Crippen LogP contribution in [0.3, 0.4) is 0 Å². The van der Waals surface area contributed by atoms with Gasteiger partial charge in [0, 0.05) is 16.7 Å². The molecule has 0 radical (unpaired) electrons. The van der Waals surface area contributed by atoms with Gasteiger partial charge in [0.05, 0.1) is 12.2 Å². The molecule has 0 bridgehead atoms. The van der Waals surface area contributed by atoms with E-state index < -0.39 is 5.60 Å². The van der Waals surface area contributed by atoms with Crippen LogP contribution in [0.5, 0.6) is 5.88 Å². The highest BCUT2D eigenvalue weighted by molar-refractivity contribution is 9.10. The molecule has 124 valence electrons. The largest absolute Gasteiger partial charge is 0.474 e. The van der Waals surface area contributed by atoms with Gasteiger partial charge in [0.25, 0.3) is 0 Å². The molecule has 1 rings (SSSR count). The summed E-state index contributed by atoms with van der Waals surface area (Å²) in [4.78, 5) is 17.9. The summed E-state index contributed by atoms with van der Waals surface area (Å²) in [5.74, 6) is 0.357. The van der Waals surface area contributed by atoms with Crippen molar-refractivity contribution in [2.45, 2.75) is 46.3 Å². The van der Waals surface area contributed by atoms with E-state index in [1.807, 2.05) is 34.6 Å². The fourth-order valence-electron chi connectivity index (χ4n) is 1.68. The zero-order valence-electron chi connectivity index (χ0n) is 13.7. The van der Waals surface area contributed by atoms with Crippen LogP contribution in [-0.4, -0.2) is 40.8 Å². The second-order valence-corrected chi connectivity index (χ2v) is 7.08. The highest BCUT2D eigenvalue weighted by Crippen LogP contribution is 2.22. The molecule has 0 unspecified atom stereocenters. The Kier molecular flexibility index (Phi) is 6.47. The third-order valence-electron chi connectivity index (χ3n) is 2.67. The van der Waals surface area contributed by atoms with Crippen molar-refractivity contribution in [3.63, 3.8) is 0 Å². The van der Waals surface area contributed by atoms with Crippen LogP contribution in [0.1, 0.15) is 34.6 Å². The molecular formula is C15H24BrN3O3. The highest BCUT2D eigenvalue weighted by atomic mass is 79.9. The van der Waals surface area contributed by atoms with Gasteiger partial charge < -0.3 is 20.1 Å². The van der Waals surface area contributed by atoms with E-state index in [2.05, 4.69) is 20.9 Å². The third-order valence-corrected chi connectivity index (χ3v) is 3.10. The van der Waals surface area contributed by atoms with E-state index in [0.717, 1.165) is 4.47 Å². The van der Waals surface area contributed by atoms with Crippen LogP contribution in [-0.2, 0) is 4.74 Å². The first-order chi connectivity index (χ1) is 10.1. The van der Waals surface area contributed by atoms with Crippen LogP contribution in [0.25, 0.3) is 0 Å². The minimum atomic E-state index is -0.525. The summed E-state index contributed by atoms with van der Waals surface area (Å²) in [5, 5.41) is 0. The first kappa shape index (κ1) is 18.5. The number of aromatic nitrogens is 1. The maximum absolute atomic E-state index is 12.2. The summed E-state index contributed by atoms with van der Waals surface area (Å²) in [6.45, 7) is 10.1. The lowest BCUT2D eigenvalue weighted by molar-refractivity contribution is 0.0163. The molecule has 0 spiro atoms. The van der Waals surface area contributed by atoms with E-state index in [-0.39, 0.29) is 18.7 Å². The molecule has 0 aliphatic rings. The van der Waals surface area contributed by atoms with Gasteiger partial charge in [-0.3, -0.25) is 0 Å². The SMILES string of the molecule is CC(C)N(CCOc1ncc(Br)cc1N)C(=O)OC(C)(C)C. The number of carbonyl (C=O) groups is 1. The molecule has 22 heavy (non-hydrogen) atoms. The highest BCUT2D eigenvalue weighted by Gasteiger charge is 2.24. The number of nitrogens with two attached hydrogens (primary N) is 1. The number of hydrogen-bond acceptors (Lipinski definition) is 5. The summed E-state index contributed by atoms with van der Waals surface area (Å²) in [6.07, 6.45) is 1.25. The smallest absolute Gasteiger partial charge is 0.410 e. The topological polar surface area (TPSA) is 77.7 Å². The minimum absolute atomic E-state index is 0.00803. The van der Waals surface area contributed by atoms with Crippen LogP contribution in [0.4, 0.5) is 10.5 Å². The maximum atomic E-state index is 12.2. The lowest BCUT2D eigenvalue weighted by Gasteiger charge is -2.30. The third kappa shape index (κ3) is 6.09. The standard InChI is InChI=1S/C15H24BrN3O3/c1-10(2)19(14(20)22-15(3,4)5)6-7-21-13-12(17)8-11(16)9-18-13/h8-10H,6-7,17H2,1-5H3. The van der Waals surface area contributed by atoms with Crippen molar-refractivity contribution in [1.29, 1.82) is 0 Å². The molecule has 0 aliphatic carbocycles. The van der Waals surface area contributed by atoms with E-state index in [4.69, 9.17) is 15.2 Å². The Labute approximate surface area is 140 Å². The number of hydrogen-bond donors (Lipinski definition) is 1. The Hall–Kier alpha value is -1.50. The molecule has 1 aromatic heterocycles. The average molecular weight is 374 g/mol. The van der Waals surface area contributed by atoms with Gasteiger partial charge in [-0.1, -0.05) is 0 Å². The number of ether oxygens (including phenoxy) is 2. The summed E-state index contributed by atoms with van der Waals surface area (Å²) >= 11 is 3.29. The normalized spacial score (nSPS) is 11.4. The van der Waals surface area contributed by atoms with Gasteiger partial charge >= 0.3 is 6.09 Å². The quantitative estimate of drug-likeness (QED) is 0.854. The Balaban J connectivity index is 2.60. The van der Waals surface area contributed by atoms with Gasteiger partial charge in [-0.25, -0.2) is 9.78 Å². The Morgan fingerprint density at radius 2 is 2.09 bits per heavy atom. The zero-order valence-corrected chi connectivity index (χ0v) is 15.3. The fourth-order valence-corrected chi connectivity index (χ4v) is 2.03. The molecule has 7 heteroatoms. The van der Waals surface area contributed by atoms with Crippen LogP contribution in [0.15, 0.2) is 16.7 Å². The Morgan fingerprint density at radius 3 is 2.59 bits per heavy atom. The van der Waals surface area contributed by atoms with Gasteiger partial charge in [-0.15, -0.1) is 0 Å². The molecule has 6 nitrogen and oxygen atoms in total. The van der Waals surface area contributed by atoms with Crippen LogP contribution in [0, 0.1) is 0 Å². The van der Waals surface area contributed by atoms with E-state index in [1.54, 1.807) is 17.2 Å². The van der Waals surface area contributed by atoms with Crippen molar-refractivity contribution >= 4 is 27.7 Å². The predicted octanol–water partition coefficient (Wildman–Crippen LogP) is 3.45. The van der Waals surface area contributed by atoms with Crippen LogP contribution >= 0.6 is 15.9 Å². The number of carbonyl (C=O) groups excluding carboxylic acids is 1. The van der Waals surface area contributed by atoms with E-state index in [1.165, 1.54) is 0 Å². The number of amides is 1. The van der Waals surface area contributed by atoms with Crippen molar-refractivity contribution in [3.8, 4) is 5.88 Å². The minimum Gasteiger partial charge on any atom is -0.474 e. The van der Waals surface area contributed by atoms with E-state index in [9.17, 15) is 4.79 Å². The van der Waals surface area contributed by atoms with E-state index >= 15 is 0 Å². The van der Waals surface area contributed by atoms with Crippen LogP contribution < -0.4 is 10.5 Å². The van der Waals surface area contributed by atoms with Crippen molar-refractivity contribution < 1.29 is 14.3 Å². The van der Waals surface area contributed by atoms with Gasteiger partial charge in [0.15, 0.2) is 0 Å². The predicted molar refractivity (Wildman–Crippen MR) is 89.9 cm³/mol. The van der Waals surface area contributed by atoms with Gasteiger partial charge in [-0.2, -0.15) is 0 Å². The molecule has 0 saturated heterocycles. The summed E-state index contributed by atoms with van der Waals surface area (Å²) in [5.41, 5.74) is 5.74. The molecule has 0 aliphatic heterocycles.